The lowest BCUT2D eigenvalue weighted by Gasteiger charge is -2.48. The minimum atomic E-state index is -4.21. The van der Waals surface area contributed by atoms with Crippen LogP contribution in [0, 0.1) is 17.2 Å². The van der Waals surface area contributed by atoms with Gasteiger partial charge in [-0.1, -0.05) is 41.4 Å². The lowest BCUT2D eigenvalue weighted by Crippen LogP contribution is -2.53. The first-order valence-corrected chi connectivity index (χ1v) is 18.1. The van der Waals surface area contributed by atoms with Crippen LogP contribution in [-0.4, -0.2) is 82.8 Å². The second-order valence-electron chi connectivity index (χ2n) is 12.7. The highest BCUT2D eigenvalue weighted by atomic mass is 35.5. The molecule has 12 nitrogen and oxygen atoms in total. The molecule has 1 aromatic heterocycles. The van der Waals surface area contributed by atoms with Gasteiger partial charge >= 0.3 is 5.97 Å². The number of hydrogen-bond donors (Lipinski definition) is 3. The molecular weight excluding hydrogens is 691 g/mol. The van der Waals surface area contributed by atoms with E-state index in [2.05, 4.69) is 20.5 Å². The molecule has 7 rings (SSSR count). The molecule has 0 radical (unpaired) electrons. The molecule has 4 aliphatic rings. The van der Waals surface area contributed by atoms with Crippen molar-refractivity contribution in [3.63, 3.8) is 0 Å². The van der Waals surface area contributed by atoms with Crippen LogP contribution < -0.4 is 10.6 Å². The summed E-state index contributed by atoms with van der Waals surface area (Å²) in [6, 6.07) is 11.6. The lowest BCUT2D eigenvalue weighted by atomic mass is 9.79. The van der Waals surface area contributed by atoms with Gasteiger partial charge in [0.2, 0.25) is 15.9 Å². The lowest BCUT2D eigenvalue weighted by molar-refractivity contribution is -0.142. The van der Waals surface area contributed by atoms with Crippen LogP contribution in [0.2, 0.25) is 10.0 Å². The fourth-order valence-electron chi connectivity index (χ4n) is 7.19. The summed E-state index contributed by atoms with van der Waals surface area (Å²) >= 11 is 12.2. The summed E-state index contributed by atoms with van der Waals surface area (Å²) in [5, 5.41) is 24.9. The minimum absolute atomic E-state index is 0.0619. The molecule has 3 atom stereocenters. The normalized spacial score (nSPS) is 23.0. The smallest absolute Gasteiger partial charge is 0.326 e. The van der Waals surface area contributed by atoms with Crippen molar-refractivity contribution in [2.45, 2.75) is 67.6 Å². The Kier molecular flexibility index (Phi) is 10.2. The van der Waals surface area contributed by atoms with Gasteiger partial charge < -0.3 is 15.7 Å². The van der Waals surface area contributed by atoms with Crippen LogP contribution in [0.25, 0.3) is 0 Å². The van der Waals surface area contributed by atoms with Gasteiger partial charge in [-0.25, -0.2) is 13.2 Å². The fraction of sp³-hybridized carbons (Fsp3) is 0.382. The number of carboxylic acid groups (broad SMARTS) is 1. The zero-order valence-electron chi connectivity index (χ0n) is 26.3. The molecule has 3 aromatic rings. The van der Waals surface area contributed by atoms with Gasteiger partial charge in [-0.3, -0.25) is 19.5 Å². The van der Waals surface area contributed by atoms with Crippen LogP contribution in [0.3, 0.4) is 0 Å². The number of pyridine rings is 1. The van der Waals surface area contributed by atoms with E-state index >= 15 is 0 Å². The van der Waals surface area contributed by atoms with Crippen LogP contribution in [0.15, 0.2) is 65.8 Å². The summed E-state index contributed by atoms with van der Waals surface area (Å²) < 4.78 is 29.2. The zero-order chi connectivity index (χ0) is 34.9. The van der Waals surface area contributed by atoms with E-state index in [1.165, 1.54) is 41.0 Å². The number of carbonyl (C=O) groups excluding carboxylic acids is 2. The maximum Gasteiger partial charge on any atom is 0.326 e. The van der Waals surface area contributed by atoms with Gasteiger partial charge in [-0.15, -0.1) is 0 Å². The second kappa shape index (κ2) is 14.4. The number of carboxylic acids is 1. The van der Waals surface area contributed by atoms with Crippen molar-refractivity contribution in [3.8, 4) is 6.07 Å². The second-order valence-corrected chi connectivity index (χ2v) is 15.4. The van der Waals surface area contributed by atoms with Crippen LogP contribution in [0.4, 0.5) is 5.69 Å². The quantitative estimate of drug-likeness (QED) is 0.275. The molecule has 3 N–H and O–H groups in total. The molecule has 1 aliphatic carbocycles. The average molecular weight is 726 g/mol. The molecule has 3 saturated heterocycles. The van der Waals surface area contributed by atoms with Gasteiger partial charge in [0.25, 0.3) is 5.91 Å². The molecule has 15 heteroatoms. The summed E-state index contributed by atoms with van der Waals surface area (Å²) in [5.41, 5.74) is 1.19. The van der Waals surface area contributed by atoms with E-state index in [1.54, 1.807) is 24.3 Å². The predicted molar refractivity (Wildman–Crippen MR) is 182 cm³/mol. The zero-order valence-corrected chi connectivity index (χ0v) is 28.6. The molecule has 3 aliphatic heterocycles. The van der Waals surface area contributed by atoms with Gasteiger partial charge in [0.1, 0.15) is 12.1 Å². The number of nitrogens with zero attached hydrogens (tertiary/aromatic N) is 4. The van der Waals surface area contributed by atoms with Gasteiger partial charge in [0, 0.05) is 49.7 Å². The monoisotopic (exact) mass is 724 g/mol. The number of carbonyl (C=O) groups is 3. The van der Waals surface area contributed by atoms with Crippen molar-refractivity contribution in [2.75, 3.05) is 18.4 Å². The number of nitriles is 1. The number of aromatic nitrogens is 1. The molecule has 4 fully saturated rings. The number of sulfonamides is 1. The number of rotatable bonds is 10. The predicted octanol–water partition coefficient (Wildman–Crippen LogP) is 4.33. The van der Waals surface area contributed by atoms with Crippen molar-refractivity contribution < 1.29 is 27.9 Å². The summed E-state index contributed by atoms with van der Waals surface area (Å²) in [6.45, 7) is 0.930. The Hall–Kier alpha value is -4.06. The van der Waals surface area contributed by atoms with Gasteiger partial charge in [0.05, 0.1) is 32.1 Å². The fourth-order valence-corrected chi connectivity index (χ4v) is 9.41. The molecule has 49 heavy (non-hydrogen) atoms. The molecule has 2 aromatic carbocycles. The number of anilines is 1. The summed E-state index contributed by atoms with van der Waals surface area (Å²) in [7, 11) is -4.21. The van der Waals surface area contributed by atoms with E-state index < -0.39 is 39.9 Å². The van der Waals surface area contributed by atoms with E-state index in [4.69, 9.17) is 23.2 Å². The molecule has 4 heterocycles. The first kappa shape index (κ1) is 34.8. The van der Waals surface area contributed by atoms with E-state index in [0.717, 1.165) is 32.2 Å². The van der Waals surface area contributed by atoms with E-state index in [9.17, 15) is 33.2 Å². The van der Waals surface area contributed by atoms with Crippen molar-refractivity contribution >= 4 is 56.7 Å². The van der Waals surface area contributed by atoms with Crippen molar-refractivity contribution in [2.24, 2.45) is 5.92 Å². The standard InChI is InChI=1S/C34H34Cl2N6O6S/c35-27-16-38-17-28(36)31(27)33(44)39-23-8-4-20(5-9-23)13-29(34(45)46)40-32(43)30-14-25(41-18-21-6-10-24(41)11-7-21)19-42(30)49(47,48)26-3-1-2-22(12-26)15-37/h1-5,8-9,12,16-17,21,24-25,29-30H,6-7,10-11,13-14,18-19H2,(H,39,44)(H,40,43)(H,45,46)/t21?,24?,25-,29+,30+/m1/s1. The summed E-state index contributed by atoms with van der Waals surface area (Å²) in [5.74, 6) is -2.00. The highest BCUT2D eigenvalue weighted by Crippen LogP contribution is 2.39. The van der Waals surface area contributed by atoms with Crippen LogP contribution in [-0.2, 0) is 26.0 Å². The molecule has 1 saturated carbocycles. The number of piperidine rings is 2. The van der Waals surface area contributed by atoms with Gasteiger partial charge in [-0.2, -0.15) is 9.57 Å². The maximum absolute atomic E-state index is 14.0. The maximum atomic E-state index is 14.0. The number of amides is 2. The average Bonchev–Trinajstić information content (AvgIpc) is 3.56. The first-order chi connectivity index (χ1) is 23.4. The largest absolute Gasteiger partial charge is 0.480 e. The Morgan fingerprint density at radius 1 is 1.00 bits per heavy atom. The third kappa shape index (κ3) is 7.44. The summed E-state index contributed by atoms with van der Waals surface area (Å²) in [6.07, 6.45) is 7.07. The van der Waals surface area contributed by atoms with Crippen molar-refractivity contribution in [1.29, 1.82) is 5.26 Å². The Labute approximate surface area is 294 Å². The number of benzene rings is 2. The molecule has 256 valence electrons. The first-order valence-electron chi connectivity index (χ1n) is 15.9. The number of fused-ring (bicyclic) bond motifs is 3. The Morgan fingerprint density at radius 3 is 2.31 bits per heavy atom. The molecular formula is C34H34Cl2N6O6S. The van der Waals surface area contributed by atoms with Crippen LogP contribution >= 0.6 is 23.2 Å². The summed E-state index contributed by atoms with van der Waals surface area (Å²) in [4.78, 5) is 45.1. The van der Waals surface area contributed by atoms with Crippen LogP contribution in [0.5, 0.6) is 0 Å². The van der Waals surface area contributed by atoms with Gasteiger partial charge in [-0.05, 0) is 73.9 Å². The van der Waals surface area contributed by atoms with Crippen molar-refractivity contribution in [1.82, 2.24) is 19.5 Å². The highest BCUT2D eigenvalue weighted by molar-refractivity contribution is 7.89. The topological polar surface area (TPSA) is 173 Å². The number of halogens is 2. The SMILES string of the molecule is N#Cc1cccc(S(=O)(=O)N2C[C@H](N3CC4CCC3CC4)C[C@H]2C(=O)N[C@@H](Cc2ccc(NC(=O)c3c(Cl)cncc3Cl)cc2)C(=O)O)c1. The Bertz CT molecular complexity index is 1890. The third-order valence-corrected chi connectivity index (χ3v) is 12.1. The Balaban J connectivity index is 1.19. The highest BCUT2D eigenvalue weighted by Gasteiger charge is 2.49. The number of hydrogen-bond acceptors (Lipinski definition) is 8. The molecule has 2 bridgehead atoms. The van der Waals surface area contributed by atoms with Crippen molar-refractivity contribution in [3.05, 3.63) is 87.7 Å². The third-order valence-electron chi connectivity index (χ3n) is 9.68. The van der Waals surface area contributed by atoms with E-state index in [0.29, 0.717) is 23.2 Å². The Morgan fingerprint density at radius 2 is 1.69 bits per heavy atom. The molecule has 2 amide bonds. The van der Waals surface area contributed by atoms with Crippen LogP contribution in [0.1, 0.15) is 53.6 Å². The van der Waals surface area contributed by atoms with E-state index in [1.807, 2.05) is 6.07 Å². The number of nitrogens with one attached hydrogen (secondary N) is 2. The molecule has 0 unspecified atom stereocenters. The van der Waals surface area contributed by atoms with E-state index in [-0.39, 0.29) is 51.5 Å². The minimum Gasteiger partial charge on any atom is -0.480 e. The number of aliphatic carboxylic acids is 1. The molecule has 0 spiro atoms. The van der Waals surface area contributed by atoms with Gasteiger partial charge in [0.15, 0.2) is 0 Å².